The minimum absolute atomic E-state index is 0.0428. The summed E-state index contributed by atoms with van der Waals surface area (Å²) in [6.07, 6.45) is 17.7. The molecule has 12 rings (SSSR count). The lowest BCUT2D eigenvalue weighted by molar-refractivity contribution is -0.190. The Kier molecular flexibility index (Phi) is 7.23. The van der Waals surface area contributed by atoms with Crippen LogP contribution in [0.4, 0.5) is 0 Å². The summed E-state index contributed by atoms with van der Waals surface area (Å²) in [4.78, 5) is 45.7. The maximum Gasteiger partial charge on any atom is 0.313 e. The van der Waals surface area contributed by atoms with Gasteiger partial charge in [-0.3, -0.25) is 14.4 Å². The highest BCUT2D eigenvalue weighted by molar-refractivity contribution is 6.09. The molecule has 8 nitrogen and oxygen atoms in total. The number of nitrogens with zero attached hydrogens (tertiary/aromatic N) is 1. The Labute approximate surface area is 326 Å². The molecule has 1 aromatic rings. The molecule has 298 valence electrons. The van der Waals surface area contributed by atoms with E-state index in [4.69, 9.17) is 9.15 Å². The molecule has 0 radical (unpaired) electrons. The van der Waals surface area contributed by atoms with E-state index in [-0.39, 0.29) is 46.9 Å². The average Bonchev–Trinajstić information content (AvgIpc) is 3.86. The van der Waals surface area contributed by atoms with Gasteiger partial charge in [0, 0.05) is 33.8 Å². The van der Waals surface area contributed by atoms with Crippen LogP contribution >= 0.6 is 0 Å². The van der Waals surface area contributed by atoms with Crippen molar-refractivity contribution in [2.45, 2.75) is 143 Å². The largest absolute Gasteiger partial charge is 0.461 e. The van der Waals surface area contributed by atoms with Gasteiger partial charge in [-0.05, 0) is 137 Å². The van der Waals surface area contributed by atoms with Crippen molar-refractivity contribution < 1.29 is 33.8 Å². The molecule has 1 amide bonds. The van der Waals surface area contributed by atoms with Crippen molar-refractivity contribution in [3.05, 3.63) is 48.0 Å². The number of carbonyl (C=O) groups is 3. The topological polar surface area (TPSA) is 117 Å². The normalized spacial score (nSPS) is 50.3. The number of allylic oxidation sites excluding steroid dienone is 4. The monoisotopic (exact) mass is 753 g/mol. The number of aliphatic hydroxyl groups excluding tert-OH is 1. The van der Waals surface area contributed by atoms with Crippen molar-refractivity contribution in [2.24, 2.45) is 67.5 Å². The fraction of sp³-hybridized carbons (Fsp3) is 0.766. The quantitative estimate of drug-likeness (QED) is 0.164. The van der Waals surface area contributed by atoms with Gasteiger partial charge >= 0.3 is 5.97 Å². The average molecular weight is 754 g/mol. The molecular formula is C47H63NO7. The minimum atomic E-state index is -1.25. The molecule has 0 aromatic carbocycles. The van der Waals surface area contributed by atoms with E-state index in [1.807, 2.05) is 25.7 Å². The summed E-state index contributed by atoms with van der Waals surface area (Å²) in [5.41, 5.74) is -4.65. The molecule has 55 heavy (non-hydrogen) atoms. The van der Waals surface area contributed by atoms with Crippen LogP contribution in [0.25, 0.3) is 0 Å². The number of ketones is 1. The number of ether oxygens (including phenoxy) is 1. The number of rotatable bonds is 7. The molecule has 11 aliphatic rings. The molecular weight excluding hydrogens is 691 g/mol. The highest BCUT2D eigenvalue weighted by Gasteiger charge is 2.78. The molecule has 1 saturated heterocycles. The van der Waals surface area contributed by atoms with Crippen molar-refractivity contribution >= 4 is 17.7 Å². The van der Waals surface area contributed by atoms with E-state index >= 15 is 4.79 Å². The van der Waals surface area contributed by atoms with Crippen LogP contribution in [0, 0.1) is 67.5 Å². The standard InChI is InChI=1S/C47H63NO7/c1-39(2)29-11-10-28(31(39)23-29)26-48(37(51)47-21-18-43(7,38(52)55-47)40(47,3)4)27-45(53)17-14-35-42(45,6)16-13-34-41(5)15-12-30(49)24-44(41)19-20-46(34,35)32(25-44)36(50)33-9-8-22-54-33/h8-9,19-20,22,25,28-31,34-35,49,53H,10-18,21,23-24,26-27H2,1-7H3/t28-,29-,30?,31-,34+,35+,41+,42-,43-,44-,45+,46+,47+/m0/s1. The zero-order chi connectivity index (χ0) is 39.0. The number of carbonyl (C=O) groups excluding carboxylic acids is 3. The predicted molar refractivity (Wildman–Crippen MR) is 206 cm³/mol. The number of furan rings is 1. The zero-order valence-electron chi connectivity index (χ0n) is 34.2. The van der Waals surface area contributed by atoms with Crippen LogP contribution in [-0.4, -0.2) is 63.2 Å². The van der Waals surface area contributed by atoms with Gasteiger partial charge in [-0.1, -0.05) is 59.8 Å². The van der Waals surface area contributed by atoms with Gasteiger partial charge in [0.15, 0.2) is 11.4 Å². The van der Waals surface area contributed by atoms with Gasteiger partial charge in [0.05, 0.1) is 29.9 Å². The van der Waals surface area contributed by atoms with Gasteiger partial charge < -0.3 is 24.3 Å². The maximum atomic E-state index is 15.5. The molecule has 1 unspecified atom stereocenters. The molecule has 2 heterocycles. The number of Topliss-reactive ketones (excluding diaryl/α,β-unsaturated/α-hetero) is 1. The number of aliphatic hydroxyl groups is 2. The first-order valence-electron chi connectivity index (χ1n) is 21.7. The lowest BCUT2D eigenvalue weighted by Crippen LogP contribution is -2.68. The summed E-state index contributed by atoms with van der Waals surface area (Å²) in [5.74, 6) is 1.54. The van der Waals surface area contributed by atoms with Crippen LogP contribution in [-0.2, 0) is 14.3 Å². The number of fused-ring (bicyclic) bond motifs is 5. The van der Waals surface area contributed by atoms with Gasteiger partial charge in [0.25, 0.3) is 5.91 Å². The molecule has 13 atom stereocenters. The van der Waals surface area contributed by atoms with Crippen molar-refractivity contribution in [1.82, 2.24) is 4.90 Å². The van der Waals surface area contributed by atoms with E-state index in [1.54, 1.807) is 18.4 Å². The van der Waals surface area contributed by atoms with Crippen LogP contribution in [0.5, 0.6) is 0 Å². The van der Waals surface area contributed by atoms with Crippen molar-refractivity contribution in [1.29, 1.82) is 0 Å². The molecule has 1 aromatic heterocycles. The highest BCUT2D eigenvalue weighted by atomic mass is 16.6. The maximum absolute atomic E-state index is 15.5. The Bertz CT molecular complexity index is 1930. The summed E-state index contributed by atoms with van der Waals surface area (Å²) >= 11 is 0. The van der Waals surface area contributed by atoms with Crippen molar-refractivity contribution in [2.75, 3.05) is 13.1 Å². The molecule has 8 heteroatoms. The van der Waals surface area contributed by atoms with E-state index in [0.29, 0.717) is 49.8 Å². The Morgan fingerprint density at radius 1 is 0.891 bits per heavy atom. The van der Waals surface area contributed by atoms with Crippen LogP contribution < -0.4 is 0 Å². The SMILES string of the molecule is CC1(C)[C@H]2CC[C@@H](CN(C[C@]3(O)CC[C@H]4[C@]56C=C[C@@]7(C=C5C(=O)c5ccco5)CC(O)CC[C@]7(C)[C@H]6CC[C@@]43C)C(=O)[C@@]34CC[C@@](C)(C(=O)O3)C4(C)C)[C@@H]1C2. The molecule has 1 aliphatic heterocycles. The summed E-state index contributed by atoms with van der Waals surface area (Å²) in [6.45, 7) is 16.2. The van der Waals surface area contributed by atoms with Crippen molar-refractivity contribution in [3.8, 4) is 0 Å². The molecule has 10 aliphatic carbocycles. The minimum Gasteiger partial charge on any atom is -0.461 e. The second-order valence-corrected chi connectivity index (χ2v) is 22.2. The van der Waals surface area contributed by atoms with Crippen LogP contribution in [0.1, 0.15) is 136 Å². The van der Waals surface area contributed by atoms with Gasteiger partial charge in [0.1, 0.15) is 0 Å². The Morgan fingerprint density at radius 3 is 2.27 bits per heavy atom. The fourth-order valence-corrected chi connectivity index (χ4v) is 16.1. The first kappa shape index (κ1) is 36.6. The van der Waals surface area contributed by atoms with E-state index in [0.717, 1.165) is 56.4 Å². The summed E-state index contributed by atoms with van der Waals surface area (Å²) in [5, 5.41) is 24.5. The second kappa shape index (κ2) is 10.9. The highest BCUT2D eigenvalue weighted by Crippen LogP contribution is 2.79. The van der Waals surface area contributed by atoms with E-state index < -0.39 is 44.4 Å². The molecule has 2 N–H and O–H groups in total. The number of esters is 1. The van der Waals surface area contributed by atoms with E-state index in [2.05, 4.69) is 45.9 Å². The molecule has 8 fully saturated rings. The van der Waals surface area contributed by atoms with Gasteiger partial charge in [-0.15, -0.1) is 0 Å². The summed E-state index contributed by atoms with van der Waals surface area (Å²) < 4.78 is 12.0. The number of hydrogen-bond acceptors (Lipinski definition) is 7. The third-order valence-corrected chi connectivity index (χ3v) is 20.3. The Morgan fingerprint density at radius 2 is 1.62 bits per heavy atom. The number of amides is 1. The van der Waals surface area contributed by atoms with Gasteiger partial charge in [0.2, 0.25) is 5.78 Å². The third kappa shape index (κ3) is 4.06. The van der Waals surface area contributed by atoms with Crippen LogP contribution in [0.3, 0.4) is 0 Å². The van der Waals surface area contributed by atoms with Gasteiger partial charge in [-0.25, -0.2) is 0 Å². The zero-order valence-corrected chi connectivity index (χ0v) is 34.2. The molecule has 7 saturated carbocycles. The van der Waals surface area contributed by atoms with Crippen LogP contribution in [0.2, 0.25) is 0 Å². The van der Waals surface area contributed by atoms with Gasteiger partial charge in [-0.2, -0.15) is 0 Å². The summed E-state index contributed by atoms with van der Waals surface area (Å²) in [6, 6.07) is 3.52. The first-order chi connectivity index (χ1) is 25.8. The Hall–Kier alpha value is -2.71. The lowest BCUT2D eigenvalue weighted by Gasteiger charge is -2.71. The van der Waals surface area contributed by atoms with Crippen molar-refractivity contribution in [3.63, 3.8) is 0 Å². The molecule has 6 bridgehead atoms. The van der Waals surface area contributed by atoms with Crippen LogP contribution in [0.15, 0.2) is 46.6 Å². The number of hydrogen-bond donors (Lipinski definition) is 2. The van der Waals surface area contributed by atoms with E-state index in [9.17, 15) is 19.8 Å². The lowest BCUT2D eigenvalue weighted by atomic mass is 9.32. The second-order valence-electron chi connectivity index (χ2n) is 22.2. The Balaban J connectivity index is 1.05. The third-order valence-electron chi connectivity index (χ3n) is 20.3. The first-order valence-corrected chi connectivity index (χ1v) is 21.7. The van der Waals surface area contributed by atoms with E-state index in [1.165, 1.54) is 6.42 Å². The smallest absolute Gasteiger partial charge is 0.313 e. The fourth-order valence-electron chi connectivity index (χ4n) is 16.1. The molecule has 2 spiro atoms. The summed E-state index contributed by atoms with van der Waals surface area (Å²) in [7, 11) is 0. The predicted octanol–water partition coefficient (Wildman–Crippen LogP) is 8.08.